The Labute approximate surface area is 182 Å². The van der Waals surface area contributed by atoms with Gasteiger partial charge in [0.1, 0.15) is 0 Å². The second-order valence-electron chi connectivity index (χ2n) is 9.08. The molecule has 1 aliphatic carbocycles. The van der Waals surface area contributed by atoms with Crippen LogP contribution in [-0.4, -0.2) is 44.5 Å². The summed E-state index contributed by atoms with van der Waals surface area (Å²) in [7, 11) is -3.42. The van der Waals surface area contributed by atoms with Crippen LogP contribution in [0.1, 0.15) is 51.3 Å². The van der Waals surface area contributed by atoms with Gasteiger partial charge in [-0.3, -0.25) is 0 Å². The van der Waals surface area contributed by atoms with Gasteiger partial charge in [0.25, 0.3) is 0 Å². The second-order valence-corrected chi connectivity index (χ2v) is 11.1. The molecule has 9 heteroatoms. The van der Waals surface area contributed by atoms with Crippen LogP contribution < -0.4 is 9.64 Å². The summed E-state index contributed by atoms with van der Waals surface area (Å²) in [5.41, 5.74) is 0. The number of piperidine rings is 1. The van der Waals surface area contributed by atoms with Gasteiger partial charge in [-0.25, -0.2) is 12.8 Å². The molecule has 0 bridgehead atoms. The van der Waals surface area contributed by atoms with E-state index < -0.39 is 15.7 Å². The SMILES string of the molecule is CC(C)c1noc(N2CCC([C@H]3CC3CCOc3ccc(S(C)(=O)=O)cc3F)CC2)n1. The molecule has 4 rings (SSSR count). The Morgan fingerprint density at radius 3 is 2.65 bits per heavy atom. The smallest absolute Gasteiger partial charge is 0.324 e. The van der Waals surface area contributed by atoms with Gasteiger partial charge in [0, 0.05) is 25.3 Å². The second kappa shape index (κ2) is 8.76. The van der Waals surface area contributed by atoms with Crippen molar-refractivity contribution in [2.45, 2.75) is 50.3 Å². The van der Waals surface area contributed by atoms with Crippen molar-refractivity contribution >= 4 is 15.9 Å². The summed E-state index contributed by atoms with van der Waals surface area (Å²) in [6.45, 7) is 6.41. The van der Waals surface area contributed by atoms with Crippen molar-refractivity contribution in [2.24, 2.45) is 17.8 Å². The number of rotatable bonds is 8. The Balaban J connectivity index is 1.20. The van der Waals surface area contributed by atoms with E-state index in [1.165, 1.54) is 18.6 Å². The summed E-state index contributed by atoms with van der Waals surface area (Å²) in [4.78, 5) is 6.64. The minimum absolute atomic E-state index is 0.0353. The highest BCUT2D eigenvalue weighted by Gasteiger charge is 2.43. The van der Waals surface area contributed by atoms with Crippen LogP contribution in [0.3, 0.4) is 0 Å². The Morgan fingerprint density at radius 1 is 1.29 bits per heavy atom. The van der Waals surface area contributed by atoms with Crippen LogP contribution in [0.2, 0.25) is 0 Å². The van der Waals surface area contributed by atoms with Gasteiger partial charge >= 0.3 is 6.01 Å². The summed E-state index contributed by atoms with van der Waals surface area (Å²) in [5.74, 6) is 2.50. The highest BCUT2D eigenvalue weighted by atomic mass is 32.2. The molecule has 0 radical (unpaired) electrons. The molecule has 7 nitrogen and oxygen atoms in total. The number of hydrogen-bond acceptors (Lipinski definition) is 7. The van der Waals surface area contributed by atoms with Gasteiger partial charge in [-0.15, -0.1) is 0 Å². The van der Waals surface area contributed by atoms with Crippen LogP contribution in [-0.2, 0) is 9.84 Å². The quantitative estimate of drug-likeness (QED) is 0.598. The molecule has 1 aromatic carbocycles. The first-order valence-electron chi connectivity index (χ1n) is 10.9. The fourth-order valence-electron chi connectivity index (χ4n) is 4.44. The van der Waals surface area contributed by atoms with E-state index in [0.717, 1.165) is 50.5 Å². The first kappa shape index (κ1) is 22.0. The number of halogens is 1. The predicted octanol–water partition coefficient (Wildman–Crippen LogP) is 4.06. The minimum Gasteiger partial charge on any atom is -0.491 e. The van der Waals surface area contributed by atoms with E-state index in [9.17, 15) is 12.8 Å². The van der Waals surface area contributed by atoms with Gasteiger partial charge in [-0.1, -0.05) is 19.0 Å². The maximum Gasteiger partial charge on any atom is 0.324 e. The van der Waals surface area contributed by atoms with Crippen molar-refractivity contribution in [2.75, 3.05) is 30.9 Å². The van der Waals surface area contributed by atoms with Crippen LogP contribution in [0.15, 0.2) is 27.6 Å². The van der Waals surface area contributed by atoms with Gasteiger partial charge in [0.05, 0.1) is 11.5 Å². The summed E-state index contributed by atoms with van der Waals surface area (Å²) >= 11 is 0. The molecule has 0 spiro atoms. The topological polar surface area (TPSA) is 85.5 Å². The average Bonchev–Trinajstić information content (AvgIpc) is 3.31. The van der Waals surface area contributed by atoms with Gasteiger partial charge in [0.15, 0.2) is 27.2 Å². The van der Waals surface area contributed by atoms with Gasteiger partial charge in [-0.2, -0.15) is 4.98 Å². The molecule has 1 saturated carbocycles. The number of aromatic nitrogens is 2. The molecule has 0 amide bonds. The third-order valence-corrected chi connectivity index (χ3v) is 7.53. The standard InChI is InChI=1S/C22H30FN3O4S/c1-14(2)21-24-22(30-25-21)26-9-6-15(7-10-26)18-12-16(18)8-11-29-20-5-4-17(13-19(20)23)31(3,27)28/h4-5,13-16,18H,6-12H2,1-3H3/t16?,18-/m1/s1. The molecule has 2 atom stereocenters. The lowest BCUT2D eigenvalue weighted by atomic mass is 9.90. The average molecular weight is 452 g/mol. The molecule has 1 aliphatic heterocycles. The first-order valence-corrected chi connectivity index (χ1v) is 12.8. The molecular formula is C22H30FN3O4S. The highest BCUT2D eigenvalue weighted by molar-refractivity contribution is 7.90. The Hall–Kier alpha value is -2.16. The molecule has 2 fully saturated rings. The number of anilines is 1. The lowest BCUT2D eigenvalue weighted by molar-refractivity contribution is 0.272. The molecule has 31 heavy (non-hydrogen) atoms. The first-order chi connectivity index (χ1) is 14.7. The molecule has 1 saturated heterocycles. The third kappa shape index (κ3) is 5.19. The van der Waals surface area contributed by atoms with Gasteiger partial charge in [-0.05, 0) is 61.6 Å². The number of hydrogen-bond donors (Lipinski definition) is 0. The zero-order valence-corrected chi connectivity index (χ0v) is 19.1. The molecular weight excluding hydrogens is 421 g/mol. The van der Waals surface area contributed by atoms with E-state index in [2.05, 4.69) is 28.9 Å². The fourth-order valence-corrected chi connectivity index (χ4v) is 5.07. The Kier molecular flexibility index (Phi) is 6.23. The van der Waals surface area contributed by atoms with Gasteiger partial charge < -0.3 is 14.2 Å². The molecule has 2 heterocycles. The molecule has 2 aromatic rings. The molecule has 1 unspecified atom stereocenters. The van der Waals surface area contributed by atoms with Crippen LogP contribution in [0, 0.1) is 23.6 Å². The van der Waals surface area contributed by atoms with Crippen molar-refractivity contribution in [1.29, 1.82) is 0 Å². The number of nitrogens with zero attached hydrogens (tertiary/aromatic N) is 3. The van der Waals surface area contributed by atoms with Crippen molar-refractivity contribution in [3.05, 3.63) is 29.8 Å². The van der Waals surface area contributed by atoms with E-state index in [-0.39, 0.29) is 16.6 Å². The zero-order chi connectivity index (χ0) is 22.2. The molecule has 0 N–H and O–H groups in total. The van der Waals surface area contributed by atoms with E-state index in [0.29, 0.717) is 30.4 Å². The third-order valence-electron chi connectivity index (χ3n) is 6.42. The molecule has 170 valence electrons. The fraction of sp³-hybridized carbons (Fsp3) is 0.636. The highest BCUT2D eigenvalue weighted by Crippen LogP contribution is 2.50. The summed E-state index contributed by atoms with van der Waals surface area (Å²) in [6, 6.07) is 4.43. The largest absolute Gasteiger partial charge is 0.491 e. The zero-order valence-electron chi connectivity index (χ0n) is 18.3. The van der Waals surface area contributed by atoms with E-state index in [1.807, 2.05) is 0 Å². The Bertz CT molecular complexity index is 1020. The molecule has 1 aromatic heterocycles. The van der Waals surface area contributed by atoms with Crippen molar-refractivity contribution in [3.63, 3.8) is 0 Å². The Morgan fingerprint density at radius 2 is 2.03 bits per heavy atom. The normalized spacial score (nSPS) is 22.2. The maximum atomic E-state index is 14.1. The summed E-state index contributed by atoms with van der Waals surface area (Å²) in [5, 5.41) is 4.05. The van der Waals surface area contributed by atoms with Crippen molar-refractivity contribution in [3.8, 4) is 5.75 Å². The lowest BCUT2D eigenvalue weighted by Gasteiger charge is -2.30. The maximum absolute atomic E-state index is 14.1. The lowest BCUT2D eigenvalue weighted by Crippen LogP contribution is -2.34. The van der Waals surface area contributed by atoms with Crippen molar-refractivity contribution in [1.82, 2.24) is 10.1 Å². The van der Waals surface area contributed by atoms with Crippen LogP contribution in [0.25, 0.3) is 0 Å². The van der Waals surface area contributed by atoms with E-state index in [1.54, 1.807) is 0 Å². The van der Waals surface area contributed by atoms with Crippen LogP contribution >= 0.6 is 0 Å². The number of benzene rings is 1. The van der Waals surface area contributed by atoms with Crippen molar-refractivity contribution < 1.29 is 22.1 Å². The minimum atomic E-state index is -3.42. The van der Waals surface area contributed by atoms with E-state index >= 15 is 0 Å². The van der Waals surface area contributed by atoms with Gasteiger partial charge in [0.2, 0.25) is 0 Å². The van der Waals surface area contributed by atoms with Crippen LogP contribution in [0.4, 0.5) is 10.4 Å². The summed E-state index contributed by atoms with van der Waals surface area (Å²) in [6.07, 6.45) is 5.37. The summed E-state index contributed by atoms with van der Waals surface area (Å²) < 4.78 is 48.1. The predicted molar refractivity (Wildman–Crippen MR) is 115 cm³/mol. The van der Waals surface area contributed by atoms with Crippen LogP contribution in [0.5, 0.6) is 5.75 Å². The number of ether oxygens (including phenoxy) is 1. The van der Waals surface area contributed by atoms with E-state index in [4.69, 9.17) is 9.26 Å². The molecule has 2 aliphatic rings. The number of sulfone groups is 1. The monoisotopic (exact) mass is 451 g/mol.